The van der Waals surface area contributed by atoms with Crippen molar-refractivity contribution in [1.29, 1.82) is 0 Å². The van der Waals surface area contributed by atoms with E-state index in [-0.39, 0.29) is 17.8 Å². The Morgan fingerprint density at radius 1 is 1.39 bits per heavy atom. The highest BCUT2D eigenvalue weighted by Gasteiger charge is 2.41. The van der Waals surface area contributed by atoms with Crippen molar-refractivity contribution in [1.82, 2.24) is 5.32 Å². The maximum atomic E-state index is 12.0. The number of fused-ring (bicyclic) bond motifs is 1. The molecule has 5 heteroatoms. The van der Waals surface area contributed by atoms with E-state index in [9.17, 15) is 9.59 Å². The highest BCUT2D eigenvalue weighted by molar-refractivity contribution is 8.04. The van der Waals surface area contributed by atoms with Crippen LogP contribution in [-0.2, 0) is 14.3 Å². The average Bonchev–Trinajstić information content (AvgIpc) is 2.66. The minimum atomic E-state index is -0.261. The maximum absolute atomic E-state index is 12.0. The van der Waals surface area contributed by atoms with Gasteiger partial charge in [-0.2, -0.15) is 0 Å². The van der Waals surface area contributed by atoms with E-state index in [0.29, 0.717) is 17.4 Å². The van der Waals surface area contributed by atoms with Crippen molar-refractivity contribution >= 4 is 23.6 Å². The Hall–Kier alpha value is -0.970. The number of thioether (sulfide) groups is 1. The molecule has 100 valence electrons. The van der Waals surface area contributed by atoms with Gasteiger partial charge in [0, 0.05) is 18.1 Å². The zero-order valence-corrected chi connectivity index (χ0v) is 11.6. The van der Waals surface area contributed by atoms with Crippen LogP contribution < -0.4 is 5.32 Å². The molecule has 4 nitrogen and oxygen atoms in total. The highest BCUT2D eigenvalue weighted by atomic mass is 32.2. The first-order chi connectivity index (χ1) is 8.63. The van der Waals surface area contributed by atoms with Gasteiger partial charge in [0.2, 0.25) is 5.91 Å². The topological polar surface area (TPSA) is 55.4 Å². The smallest absolute Gasteiger partial charge is 0.336 e. The summed E-state index contributed by atoms with van der Waals surface area (Å²) in [5.41, 5.74) is 0.696. The van der Waals surface area contributed by atoms with Gasteiger partial charge in [-0.1, -0.05) is 12.8 Å². The molecule has 2 atom stereocenters. The van der Waals surface area contributed by atoms with Gasteiger partial charge >= 0.3 is 5.97 Å². The van der Waals surface area contributed by atoms with Gasteiger partial charge in [-0.3, -0.25) is 4.79 Å². The molecule has 0 spiro atoms. The first-order valence-electron chi connectivity index (χ1n) is 6.49. The fourth-order valence-corrected chi connectivity index (χ4v) is 4.25. The number of carbonyl (C=O) groups is 2. The van der Waals surface area contributed by atoms with E-state index in [1.54, 1.807) is 18.7 Å². The fraction of sp³-hybridized carbons (Fsp3) is 0.692. The summed E-state index contributed by atoms with van der Waals surface area (Å²) in [7, 11) is 0. The Bertz CT molecular complexity index is 392. The minimum Gasteiger partial charge on any atom is -0.463 e. The number of ether oxygens (including phenoxy) is 1. The SMILES string of the molecule is CCOC(=O)C1=C(NC(C)=O)S[C@H]2CCCC[C@@H]12. The third kappa shape index (κ3) is 2.71. The summed E-state index contributed by atoms with van der Waals surface area (Å²) in [4.78, 5) is 23.3. The first-order valence-corrected chi connectivity index (χ1v) is 7.37. The third-order valence-electron chi connectivity index (χ3n) is 3.37. The first kappa shape index (κ1) is 13.5. The predicted molar refractivity (Wildman–Crippen MR) is 70.8 cm³/mol. The molecule has 1 heterocycles. The summed E-state index contributed by atoms with van der Waals surface area (Å²) < 4.78 is 5.13. The summed E-state index contributed by atoms with van der Waals surface area (Å²) >= 11 is 1.63. The van der Waals surface area contributed by atoms with E-state index in [2.05, 4.69) is 5.32 Å². The number of hydrogen-bond acceptors (Lipinski definition) is 4. The molecule has 0 saturated heterocycles. The maximum Gasteiger partial charge on any atom is 0.336 e. The van der Waals surface area contributed by atoms with Crippen LogP contribution in [-0.4, -0.2) is 23.7 Å². The second-order valence-corrected chi connectivity index (χ2v) is 5.94. The molecule has 0 aromatic rings. The van der Waals surface area contributed by atoms with E-state index in [0.717, 1.165) is 24.3 Å². The zero-order chi connectivity index (χ0) is 13.1. The van der Waals surface area contributed by atoms with Crippen LogP contribution in [0, 0.1) is 5.92 Å². The Morgan fingerprint density at radius 3 is 2.78 bits per heavy atom. The fourth-order valence-electron chi connectivity index (χ4n) is 2.66. The second kappa shape index (κ2) is 5.78. The summed E-state index contributed by atoms with van der Waals surface area (Å²) in [6.07, 6.45) is 4.49. The van der Waals surface area contributed by atoms with Gasteiger partial charge in [-0.05, 0) is 19.8 Å². The van der Waals surface area contributed by atoms with E-state index in [1.165, 1.54) is 13.3 Å². The lowest BCUT2D eigenvalue weighted by molar-refractivity contribution is -0.139. The quantitative estimate of drug-likeness (QED) is 0.798. The Labute approximate surface area is 112 Å². The van der Waals surface area contributed by atoms with Crippen molar-refractivity contribution in [3.05, 3.63) is 10.6 Å². The average molecular weight is 269 g/mol. The van der Waals surface area contributed by atoms with Crippen molar-refractivity contribution in [2.45, 2.75) is 44.8 Å². The van der Waals surface area contributed by atoms with E-state index < -0.39 is 0 Å². The van der Waals surface area contributed by atoms with Gasteiger partial charge < -0.3 is 10.1 Å². The largest absolute Gasteiger partial charge is 0.463 e. The standard InChI is InChI=1S/C13H19NO3S/c1-3-17-13(16)11-9-6-4-5-7-10(9)18-12(11)14-8(2)15/h9-10H,3-7H2,1-2H3,(H,14,15)/t9-,10+/m1/s1. The van der Waals surface area contributed by atoms with E-state index in [4.69, 9.17) is 4.74 Å². The van der Waals surface area contributed by atoms with Crippen molar-refractivity contribution in [2.75, 3.05) is 6.61 Å². The molecule has 2 rings (SSSR count). The van der Waals surface area contributed by atoms with Crippen LogP contribution in [0.1, 0.15) is 39.5 Å². The highest BCUT2D eigenvalue weighted by Crippen LogP contribution is 2.48. The third-order valence-corrected chi connectivity index (χ3v) is 4.80. The van der Waals surface area contributed by atoms with Gasteiger partial charge in [0.25, 0.3) is 0 Å². The van der Waals surface area contributed by atoms with Crippen LogP contribution in [0.3, 0.4) is 0 Å². The van der Waals surface area contributed by atoms with Crippen LogP contribution in [0.2, 0.25) is 0 Å². The van der Waals surface area contributed by atoms with Gasteiger partial charge in [0.1, 0.15) is 0 Å². The van der Waals surface area contributed by atoms with Crippen LogP contribution in [0.5, 0.6) is 0 Å². The summed E-state index contributed by atoms with van der Waals surface area (Å²) in [5.74, 6) is -0.134. The molecule has 0 radical (unpaired) electrons. The van der Waals surface area contributed by atoms with Crippen LogP contribution in [0.4, 0.5) is 0 Å². The Morgan fingerprint density at radius 2 is 2.11 bits per heavy atom. The Balaban J connectivity index is 2.23. The normalized spacial score (nSPS) is 26.8. The van der Waals surface area contributed by atoms with Crippen LogP contribution in [0.25, 0.3) is 0 Å². The van der Waals surface area contributed by atoms with Crippen LogP contribution >= 0.6 is 11.8 Å². The molecule has 0 bridgehead atoms. The molecule has 1 amide bonds. The lowest BCUT2D eigenvalue weighted by Gasteiger charge is -2.25. The van der Waals surface area contributed by atoms with Gasteiger partial charge in [-0.15, -0.1) is 11.8 Å². The Kier molecular flexibility index (Phi) is 4.32. The van der Waals surface area contributed by atoms with Gasteiger partial charge in [0.15, 0.2) is 0 Å². The molecular weight excluding hydrogens is 250 g/mol. The van der Waals surface area contributed by atoms with Crippen molar-refractivity contribution in [3.8, 4) is 0 Å². The zero-order valence-electron chi connectivity index (χ0n) is 10.8. The summed E-state index contributed by atoms with van der Waals surface area (Å²) in [5, 5.41) is 3.94. The molecule has 0 aromatic heterocycles. The number of nitrogens with one attached hydrogen (secondary N) is 1. The van der Waals surface area contributed by atoms with Crippen LogP contribution in [0.15, 0.2) is 10.6 Å². The van der Waals surface area contributed by atoms with Crippen molar-refractivity contribution < 1.29 is 14.3 Å². The molecule has 1 fully saturated rings. The molecule has 1 aliphatic heterocycles. The van der Waals surface area contributed by atoms with Gasteiger partial charge in [0.05, 0.1) is 17.2 Å². The van der Waals surface area contributed by atoms with Crippen molar-refractivity contribution in [2.24, 2.45) is 5.92 Å². The summed E-state index contributed by atoms with van der Waals surface area (Å²) in [6, 6.07) is 0. The van der Waals surface area contributed by atoms with Gasteiger partial charge in [-0.25, -0.2) is 4.79 Å². The van der Waals surface area contributed by atoms with Crippen molar-refractivity contribution in [3.63, 3.8) is 0 Å². The second-order valence-electron chi connectivity index (χ2n) is 4.69. The molecule has 2 aliphatic rings. The number of amides is 1. The predicted octanol–water partition coefficient (Wildman–Crippen LogP) is 2.20. The summed E-state index contributed by atoms with van der Waals surface area (Å²) in [6.45, 7) is 3.65. The molecular formula is C13H19NO3S. The molecule has 1 saturated carbocycles. The monoisotopic (exact) mass is 269 g/mol. The molecule has 1 N–H and O–H groups in total. The van der Waals surface area contributed by atoms with E-state index in [1.807, 2.05) is 0 Å². The number of rotatable bonds is 3. The molecule has 0 unspecified atom stereocenters. The molecule has 18 heavy (non-hydrogen) atoms. The number of carbonyl (C=O) groups excluding carboxylic acids is 2. The minimum absolute atomic E-state index is 0.127. The molecule has 1 aliphatic carbocycles. The molecule has 0 aromatic carbocycles. The number of esters is 1. The number of hydrogen-bond donors (Lipinski definition) is 1. The lowest BCUT2D eigenvalue weighted by Crippen LogP contribution is -2.25. The van der Waals surface area contributed by atoms with E-state index >= 15 is 0 Å². The lowest BCUT2D eigenvalue weighted by atomic mass is 9.84.